The Bertz CT molecular complexity index is 1190. The van der Waals surface area contributed by atoms with Crippen LogP contribution in [-0.2, 0) is 0 Å². The molecule has 2 heterocycles. The summed E-state index contributed by atoms with van der Waals surface area (Å²) < 4.78 is 34.2. The number of aryl methyl sites for hydroxylation is 1. The molecule has 0 saturated heterocycles. The SMILES string of the molecule is COc1cccc(Nc2ncnc3c2c(C)c(C)n3-c2ccc(F)c(F)c2)c1. The lowest BCUT2D eigenvalue weighted by molar-refractivity contribution is 0.415. The summed E-state index contributed by atoms with van der Waals surface area (Å²) in [5.74, 6) is -0.437. The average Bonchev–Trinajstić information content (AvgIpc) is 2.96. The summed E-state index contributed by atoms with van der Waals surface area (Å²) in [5, 5.41) is 4.11. The first-order valence-corrected chi connectivity index (χ1v) is 8.68. The van der Waals surface area contributed by atoms with Gasteiger partial charge in [0.1, 0.15) is 17.9 Å². The van der Waals surface area contributed by atoms with Crippen LogP contribution in [0.25, 0.3) is 16.7 Å². The fourth-order valence-electron chi connectivity index (χ4n) is 3.27. The van der Waals surface area contributed by atoms with E-state index in [1.165, 1.54) is 18.5 Å². The lowest BCUT2D eigenvalue weighted by Crippen LogP contribution is -2.01. The molecule has 0 aliphatic carbocycles. The van der Waals surface area contributed by atoms with Crippen molar-refractivity contribution in [2.45, 2.75) is 13.8 Å². The maximum atomic E-state index is 13.8. The molecule has 0 fully saturated rings. The normalized spacial score (nSPS) is 11.0. The number of anilines is 2. The summed E-state index contributed by atoms with van der Waals surface area (Å²) in [6, 6.07) is 11.3. The van der Waals surface area contributed by atoms with Crippen LogP contribution < -0.4 is 10.1 Å². The first-order valence-electron chi connectivity index (χ1n) is 8.68. The van der Waals surface area contributed by atoms with Gasteiger partial charge in [0.2, 0.25) is 0 Å². The van der Waals surface area contributed by atoms with Crippen LogP contribution >= 0.6 is 0 Å². The molecule has 0 bridgehead atoms. The highest BCUT2D eigenvalue weighted by molar-refractivity contribution is 5.94. The minimum atomic E-state index is -0.903. The summed E-state index contributed by atoms with van der Waals surface area (Å²) in [4.78, 5) is 8.79. The van der Waals surface area contributed by atoms with E-state index in [1.807, 2.05) is 38.1 Å². The number of rotatable bonds is 4. The molecule has 7 heteroatoms. The first kappa shape index (κ1) is 17.9. The Balaban J connectivity index is 1.87. The smallest absolute Gasteiger partial charge is 0.160 e. The number of methoxy groups -OCH3 is 1. The fraction of sp³-hybridized carbons (Fsp3) is 0.143. The van der Waals surface area contributed by atoms with E-state index < -0.39 is 11.6 Å². The molecule has 0 atom stereocenters. The predicted molar refractivity (Wildman–Crippen MR) is 105 cm³/mol. The van der Waals surface area contributed by atoms with Gasteiger partial charge in [0.25, 0.3) is 0 Å². The second kappa shape index (κ2) is 6.92. The number of aromatic nitrogens is 3. The van der Waals surface area contributed by atoms with Crippen molar-refractivity contribution in [3.8, 4) is 11.4 Å². The van der Waals surface area contributed by atoms with Gasteiger partial charge >= 0.3 is 0 Å². The van der Waals surface area contributed by atoms with Crippen LogP contribution in [0, 0.1) is 25.5 Å². The number of nitrogens with one attached hydrogen (secondary N) is 1. The molecule has 0 unspecified atom stereocenters. The highest BCUT2D eigenvalue weighted by Gasteiger charge is 2.18. The zero-order valence-corrected chi connectivity index (χ0v) is 15.6. The lowest BCUT2D eigenvalue weighted by Gasteiger charge is -2.10. The van der Waals surface area contributed by atoms with E-state index in [2.05, 4.69) is 15.3 Å². The zero-order chi connectivity index (χ0) is 19.8. The number of benzene rings is 2. The zero-order valence-electron chi connectivity index (χ0n) is 15.6. The van der Waals surface area contributed by atoms with E-state index in [0.717, 1.165) is 34.1 Å². The number of ether oxygens (including phenoxy) is 1. The van der Waals surface area contributed by atoms with Crippen molar-refractivity contribution in [3.05, 3.63) is 71.7 Å². The van der Waals surface area contributed by atoms with Crippen LogP contribution in [0.3, 0.4) is 0 Å². The third-order valence-electron chi connectivity index (χ3n) is 4.79. The Kier molecular flexibility index (Phi) is 4.43. The minimum Gasteiger partial charge on any atom is -0.497 e. The van der Waals surface area contributed by atoms with Gasteiger partial charge in [-0.2, -0.15) is 0 Å². The van der Waals surface area contributed by atoms with Crippen LogP contribution in [0.5, 0.6) is 5.75 Å². The van der Waals surface area contributed by atoms with Crippen molar-refractivity contribution in [3.63, 3.8) is 0 Å². The monoisotopic (exact) mass is 380 g/mol. The number of halogens is 2. The van der Waals surface area contributed by atoms with Crippen molar-refractivity contribution in [2.75, 3.05) is 12.4 Å². The van der Waals surface area contributed by atoms with E-state index in [0.29, 0.717) is 17.2 Å². The van der Waals surface area contributed by atoms with E-state index >= 15 is 0 Å². The minimum absolute atomic E-state index is 0.500. The summed E-state index contributed by atoms with van der Waals surface area (Å²) in [6.07, 6.45) is 1.44. The van der Waals surface area contributed by atoms with Gasteiger partial charge in [0.15, 0.2) is 17.3 Å². The van der Waals surface area contributed by atoms with Gasteiger partial charge in [0, 0.05) is 23.5 Å². The van der Waals surface area contributed by atoms with E-state index in [9.17, 15) is 8.78 Å². The highest BCUT2D eigenvalue weighted by atomic mass is 19.2. The molecule has 4 rings (SSSR count). The third-order valence-corrected chi connectivity index (χ3v) is 4.79. The Morgan fingerprint density at radius 2 is 1.82 bits per heavy atom. The van der Waals surface area contributed by atoms with Crippen molar-refractivity contribution in [1.29, 1.82) is 0 Å². The summed E-state index contributed by atoms with van der Waals surface area (Å²) in [5.41, 5.74) is 3.75. The largest absolute Gasteiger partial charge is 0.497 e. The standard InChI is InChI=1S/C21H18F2N4O/c1-12-13(2)27(15-7-8-17(22)18(23)10-15)21-19(12)20(24-11-25-21)26-14-5-4-6-16(9-14)28-3/h4-11H,1-3H3,(H,24,25,26). The van der Waals surface area contributed by atoms with Gasteiger partial charge < -0.3 is 10.1 Å². The number of hydrogen-bond donors (Lipinski definition) is 1. The van der Waals surface area contributed by atoms with Gasteiger partial charge in [-0.3, -0.25) is 4.57 Å². The Morgan fingerprint density at radius 3 is 2.57 bits per heavy atom. The van der Waals surface area contributed by atoms with Gasteiger partial charge in [-0.1, -0.05) is 6.07 Å². The Hall–Kier alpha value is -3.48. The fourth-order valence-corrected chi connectivity index (χ4v) is 3.27. The van der Waals surface area contributed by atoms with Crippen LogP contribution in [0.4, 0.5) is 20.3 Å². The molecule has 5 nitrogen and oxygen atoms in total. The molecule has 0 aliphatic rings. The third kappa shape index (κ3) is 2.94. The van der Waals surface area contributed by atoms with E-state index in [-0.39, 0.29) is 0 Å². The second-order valence-corrected chi connectivity index (χ2v) is 6.42. The first-order chi connectivity index (χ1) is 13.5. The molecule has 0 radical (unpaired) electrons. The number of nitrogens with zero attached hydrogens (tertiary/aromatic N) is 3. The maximum absolute atomic E-state index is 13.8. The molecular formula is C21H18F2N4O. The van der Waals surface area contributed by atoms with Crippen LogP contribution in [0.1, 0.15) is 11.3 Å². The molecule has 28 heavy (non-hydrogen) atoms. The topological polar surface area (TPSA) is 52.0 Å². The van der Waals surface area contributed by atoms with Crippen molar-refractivity contribution in [2.24, 2.45) is 0 Å². The van der Waals surface area contributed by atoms with E-state index in [4.69, 9.17) is 4.74 Å². The quantitative estimate of drug-likeness (QED) is 0.537. The molecule has 0 amide bonds. The predicted octanol–water partition coefficient (Wildman–Crippen LogP) is 5.07. The summed E-state index contributed by atoms with van der Waals surface area (Å²) in [6.45, 7) is 3.86. The van der Waals surface area contributed by atoms with Crippen molar-refractivity contribution in [1.82, 2.24) is 14.5 Å². The lowest BCUT2D eigenvalue weighted by atomic mass is 10.2. The molecule has 2 aromatic heterocycles. The second-order valence-electron chi connectivity index (χ2n) is 6.42. The van der Waals surface area contributed by atoms with Crippen LogP contribution in [0.2, 0.25) is 0 Å². The van der Waals surface area contributed by atoms with Crippen LogP contribution in [-0.4, -0.2) is 21.6 Å². The molecule has 2 aromatic carbocycles. The van der Waals surface area contributed by atoms with Gasteiger partial charge in [-0.25, -0.2) is 18.7 Å². The molecular weight excluding hydrogens is 362 g/mol. The average molecular weight is 380 g/mol. The van der Waals surface area contributed by atoms with Crippen molar-refractivity contribution >= 4 is 22.5 Å². The molecule has 142 valence electrons. The number of fused-ring (bicyclic) bond motifs is 1. The van der Waals surface area contributed by atoms with E-state index in [1.54, 1.807) is 11.7 Å². The Labute approximate surface area is 160 Å². The molecule has 0 aliphatic heterocycles. The maximum Gasteiger partial charge on any atom is 0.160 e. The molecule has 4 aromatic rings. The van der Waals surface area contributed by atoms with Gasteiger partial charge in [-0.05, 0) is 43.7 Å². The summed E-state index contributed by atoms with van der Waals surface area (Å²) in [7, 11) is 1.61. The number of hydrogen-bond acceptors (Lipinski definition) is 4. The van der Waals surface area contributed by atoms with Crippen molar-refractivity contribution < 1.29 is 13.5 Å². The highest BCUT2D eigenvalue weighted by Crippen LogP contribution is 2.33. The molecule has 0 spiro atoms. The van der Waals surface area contributed by atoms with Crippen LogP contribution in [0.15, 0.2) is 48.8 Å². The molecule has 1 N–H and O–H groups in total. The van der Waals surface area contributed by atoms with Gasteiger partial charge in [-0.15, -0.1) is 0 Å². The Morgan fingerprint density at radius 1 is 1.00 bits per heavy atom. The van der Waals surface area contributed by atoms with Gasteiger partial charge in [0.05, 0.1) is 18.2 Å². The molecule has 0 saturated carbocycles. The summed E-state index contributed by atoms with van der Waals surface area (Å²) >= 11 is 0.